The SMILES string of the molecule is CNC(C)c1ccc(Br)cc1N(C)C(C)CCSC. The molecule has 0 heterocycles. The van der Waals surface area contributed by atoms with Crippen LogP contribution in [0.1, 0.15) is 31.9 Å². The van der Waals surface area contributed by atoms with Crippen LogP contribution in [0, 0.1) is 0 Å². The molecule has 0 aromatic heterocycles. The fourth-order valence-corrected chi connectivity index (χ4v) is 2.99. The fraction of sp³-hybridized carbons (Fsp3) is 0.600. The quantitative estimate of drug-likeness (QED) is 0.793. The van der Waals surface area contributed by atoms with E-state index < -0.39 is 0 Å². The van der Waals surface area contributed by atoms with Gasteiger partial charge in [0.05, 0.1) is 0 Å². The second-order valence-electron chi connectivity index (χ2n) is 4.95. The smallest absolute Gasteiger partial charge is 0.0425 e. The first-order valence-corrected chi connectivity index (χ1v) is 8.88. The normalized spacial score (nSPS) is 14.2. The maximum atomic E-state index is 3.59. The van der Waals surface area contributed by atoms with Crippen molar-refractivity contribution in [2.24, 2.45) is 0 Å². The zero-order valence-corrected chi connectivity index (χ0v) is 14.9. The van der Waals surface area contributed by atoms with Gasteiger partial charge in [0.2, 0.25) is 0 Å². The minimum atomic E-state index is 0.360. The monoisotopic (exact) mass is 344 g/mol. The van der Waals surface area contributed by atoms with Crippen LogP contribution in [0.15, 0.2) is 22.7 Å². The number of hydrogen-bond donors (Lipinski definition) is 1. The third-order valence-corrected chi connectivity index (χ3v) is 4.81. The molecule has 19 heavy (non-hydrogen) atoms. The summed E-state index contributed by atoms with van der Waals surface area (Å²) >= 11 is 5.50. The van der Waals surface area contributed by atoms with Gasteiger partial charge in [-0.1, -0.05) is 22.0 Å². The maximum Gasteiger partial charge on any atom is 0.0425 e. The van der Waals surface area contributed by atoms with Crippen molar-refractivity contribution in [2.75, 3.05) is 31.0 Å². The summed E-state index contributed by atoms with van der Waals surface area (Å²) in [4.78, 5) is 2.39. The van der Waals surface area contributed by atoms with Crippen molar-refractivity contribution in [1.82, 2.24) is 5.32 Å². The third-order valence-electron chi connectivity index (χ3n) is 3.67. The molecule has 2 unspecified atom stereocenters. The van der Waals surface area contributed by atoms with Gasteiger partial charge in [-0.3, -0.25) is 0 Å². The highest BCUT2D eigenvalue weighted by atomic mass is 79.9. The number of thioether (sulfide) groups is 1. The second-order valence-corrected chi connectivity index (χ2v) is 6.86. The van der Waals surface area contributed by atoms with Gasteiger partial charge in [0.25, 0.3) is 0 Å². The average Bonchev–Trinajstić information content (AvgIpc) is 2.42. The molecule has 0 amide bonds. The van der Waals surface area contributed by atoms with E-state index >= 15 is 0 Å². The molecule has 0 aliphatic heterocycles. The van der Waals surface area contributed by atoms with Crippen LogP contribution in [-0.4, -0.2) is 32.1 Å². The largest absolute Gasteiger partial charge is 0.372 e. The molecule has 0 bridgehead atoms. The summed E-state index contributed by atoms with van der Waals surface area (Å²) < 4.78 is 1.14. The van der Waals surface area contributed by atoms with Crippen LogP contribution in [0.5, 0.6) is 0 Å². The van der Waals surface area contributed by atoms with Gasteiger partial charge in [0.15, 0.2) is 0 Å². The minimum Gasteiger partial charge on any atom is -0.372 e. The Morgan fingerprint density at radius 3 is 2.63 bits per heavy atom. The molecular weight excluding hydrogens is 320 g/mol. The first-order valence-electron chi connectivity index (χ1n) is 6.69. The van der Waals surface area contributed by atoms with E-state index in [9.17, 15) is 0 Å². The lowest BCUT2D eigenvalue weighted by atomic mass is 10.0. The third kappa shape index (κ3) is 4.69. The standard InChI is InChI=1S/C15H25BrN2S/c1-11(8-9-19-5)18(4)15-10-13(16)6-7-14(15)12(2)17-3/h6-7,10-12,17H,8-9H2,1-5H3. The Morgan fingerprint density at radius 2 is 2.05 bits per heavy atom. The maximum absolute atomic E-state index is 3.59. The molecule has 108 valence electrons. The van der Waals surface area contributed by atoms with Crippen LogP contribution in [0.3, 0.4) is 0 Å². The first-order chi connectivity index (χ1) is 9.01. The van der Waals surface area contributed by atoms with Crippen molar-refractivity contribution < 1.29 is 0 Å². The molecule has 0 aliphatic rings. The lowest BCUT2D eigenvalue weighted by Crippen LogP contribution is -2.31. The van der Waals surface area contributed by atoms with E-state index in [2.05, 4.69) is 71.5 Å². The number of halogens is 1. The highest BCUT2D eigenvalue weighted by Gasteiger charge is 2.16. The Hall–Kier alpha value is -0.190. The van der Waals surface area contributed by atoms with Gasteiger partial charge in [-0.25, -0.2) is 0 Å². The van der Waals surface area contributed by atoms with Crippen molar-refractivity contribution in [3.63, 3.8) is 0 Å². The van der Waals surface area contributed by atoms with Gasteiger partial charge >= 0.3 is 0 Å². The molecular formula is C15H25BrN2S. The summed E-state index contributed by atoms with van der Waals surface area (Å²) in [6, 6.07) is 7.45. The molecule has 1 rings (SSSR count). The van der Waals surface area contributed by atoms with E-state index in [-0.39, 0.29) is 0 Å². The van der Waals surface area contributed by atoms with Gasteiger partial charge in [0.1, 0.15) is 0 Å². The zero-order valence-electron chi connectivity index (χ0n) is 12.5. The van der Waals surface area contributed by atoms with E-state index in [4.69, 9.17) is 0 Å². The topological polar surface area (TPSA) is 15.3 Å². The molecule has 1 N–H and O–H groups in total. The lowest BCUT2D eigenvalue weighted by Gasteiger charge is -2.30. The summed E-state index contributed by atoms with van der Waals surface area (Å²) in [5.41, 5.74) is 2.66. The van der Waals surface area contributed by atoms with Gasteiger partial charge in [-0.05, 0) is 57.0 Å². The second kappa shape index (κ2) is 8.18. The van der Waals surface area contributed by atoms with Crippen LogP contribution in [-0.2, 0) is 0 Å². The van der Waals surface area contributed by atoms with Crippen LogP contribution in [0.2, 0.25) is 0 Å². The van der Waals surface area contributed by atoms with E-state index in [1.54, 1.807) is 0 Å². The number of hydrogen-bond acceptors (Lipinski definition) is 3. The summed E-state index contributed by atoms with van der Waals surface area (Å²) in [5.74, 6) is 1.20. The van der Waals surface area contributed by atoms with Crippen LogP contribution < -0.4 is 10.2 Å². The highest BCUT2D eigenvalue weighted by Crippen LogP contribution is 2.30. The van der Waals surface area contributed by atoms with Crippen molar-refractivity contribution in [3.8, 4) is 0 Å². The van der Waals surface area contributed by atoms with Crippen LogP contribution in [0.25, 0.3) is 0 Å². The van der Waals surface area contributed by atoms with Gasteiger partial charge in [-0.15, -0.1) is 0 Å². The molecule has 0 fully saturated rings. The number of nitrogens with zero attached hydrogens (tertiary/aromatic N) is 1. The van der Waals surface area contributed by atoms with Crippen molar-refractivity contribution in [3.05, 3.63) is 28.2 Å². The van der Waals surface area contributed by atoms with Gasteiger partial charge in [-0.2, -0.15) is 11.8 Å². The summed E-state index contributed by atoms with van der Waals surface area (Å²) in [5, 5.41) is 3.33. The van der Waals surface area contributed by atoms with E-state index in [0.717, 1.165) is 4.47 Å². The Kier molecular flexibility index (Phi) is 7.26. The highest BCUT2D eigenvalue weighted by molar-refractivity contribution is 9.10. The molecule has 0 saturated heterocycles. The molecule has 0 radical (unpaired) electrons. The summed E-state index contributed by atoms with van der Waals surface area (Å²) in [6.07, 6.45) is 3.37. The number of rotatable bonds is 7. The first kappa shape index (κ1) is 16.9. The average molecular weight is 345 g/mol. The Labute approximate surface area is 130 Å². The van der Waals surface area contributed by atoms with Crippen molar-refractivity contribution in [2.45, 2.75) is 32.4 Å². The van der Waals surface area contributed by atoms with Crippen LogP contribution in [0.4, 0.5) is 5.69 Å². The predicted molar refractivity (Wildman–Crippen MR) is 92.5 cm³/mol. The summed E-state index contributed by atoms with van der Waals surface area (Å²) in [6.45, 7) is 4.50. The molecule has 0 saturated carbocycles. The molecule has 0 spiro atoms. The van der Waals surface area contributed by atoms with E-state index in [0.29, 0.717) is 12.1 Å². The van der Waals surface area contributed by atoms with E-state index in [1.807, 2.05) is 18.8 Å². The molecule has 4 heteroatoms. The molecule has 1 aromatic rings. The predicted octanol–water partition coefficient (Wildman–Crippen LogP) is 4.31. The molecule has 1 aromatic carbocycles. The number of nitrogens with one attached hydrogen (secondary N) is 1. The molecule has 2 nitrogen and oxygen atoms in total. The minimum absolute atomic E-state index is 0.360. The lowest BCUT2D eigenvalue weighted by molar-refractivity contribution is 0.631. The Morgan fingerprint density at radius 1 is 1.37 bits per heavy atom. The van der Waals surface area contributed by atoms with Crippen molar-refractivity contribution in [1.29, 1.82) is 0 Å². The van der Waals surface area contributed by atoms with E-state index in [1.165, 1.54) is 23.4 Å². The zero-order chi connectivity index (χ0) is 14.4. The van der Waals surface area contributed by atoms with Crippen LogP contribution >= 0.6 is 27.7 Å². The number of benzene rings is 1. The fourth-order valence-electron chi connectivity index (χ4n) is 2.06. The molecule has 2 atom stereocenters. The summed E-state index contributed by atoms with van der Waals surface area (Å²) in [7, 11) is 4.20. The van der Waals surface area contributed by atoms with Gasteiger partial charge < -0.3 is 10.2 Å². The Balaban J connectivity index is 2.99. The molecule has 0 aliphatic carbocycles. The Bertz CT molecular complexity index is 398. The van der Waals surface area contributed by atoms with Gasteiger partial charge in [0, 0.05) is 29.3 Å². The number of anilines is 1. The van der Waals surface area contributed by atoms with Crippen molar-refractivity contribution >= 4 is 33.4 Å².